The molecule has 0 aromatic heterocycles. The van der Waals surface area contributed by atoms with E-state index in [0.717, 1.165) is 6.42 Å². The third-order valence-corrected chi connectivity index (χ3v) is 3.42. The van der Waals surface area contributed by atoms with E-state index in [9.17, 15) is 9.18 Å². The Morgan fingerprint density at radius 2 is 2.10 bits per heavy atom. The quantitative estimate of drug-likeness (QED) is 0.813. The minimum absolute atomic E-state index is 0.146. The fourth-order valence-electron chi connectivity index (χ4n) is 2.12. The van der Waals surface area contributed by atoms with Crippen LogP contribution in [-0.2, 0) is 9.53 Å². The van der Waals surface area contributed by atoms with Crippen molar-refractivity contribution in [1.82, 2.24) is 5.32 Å². The Bertz CT molecular complexity index is 489. The van der Waals surface area contributed by atoms with Crippen LogP contribution in [-0.4, -0.2) is 31.2 Å². The largest absolute Gasteiger partial charge is 0.379 e. The number of halogens is 1. The van der Waals surface area contributed by atoms with Crippen molar-refractivity contribution in [2.24, 2.45) is 0 Å². The molecule has 1 atom stereocenters. The molecule has 21 heavy (non-hydrogen) atoms. The van der Waals surface area contributed by atoms with Crippen LogP contribution in [0.15, 0.2) is 18.2 Å². The number of rotatable bonds is 7. The minimum atomic E-state index is -0.306. The van der Waals surface area contributed by atoms with E-state index in [-0.39, 0.29) is 29.9 Å². The predicted octanol–water partition coefficient (Wildman–Crippen LogP) is 2.87. The molecule has 0 saturated heterocycles. The van der Waals surface area contributed by atoms with Gasteiger partial charge in [-0.1, -0.05) is 0 Å². The van der Waals surface area contributed by atoms with Crippen molar-refractivity contribution in [2.45, 2.75) is 45.8 Å². The van der Waals surface area contributed by atoms with Crippen LogP contribution in [0.3, 0.4) is 0 Å². The van der Waals surface area contributed by atoms with Crippen LogP contribution in [0.1, 0.15) is 32.8 Å². The van der Waals surface area contributed by atoms with Crippen molar-refractivity contribution >= 4 is 11.6 Å². The predicted molar refractivity (Wildman–Crippen MR) is 82.9 cm³/mol. The number of ether oxygens (including phenoxy) is 1. The van der Waals surface area contributed by atoms with Crippen LogP contribution in [0.2, 0.25) is 0 Å². The first-order valence-electron chi connectivity index (χ1n) is 7.08. The van der Waals surface area contributed by atoms with Crippen molar-refractivity contribution in [3.63, 3.8) is 0 Å². The highest BCUT2D eigenvalue weighted by atomic mass is 19.1. The summed E-state index contributed by atoms with van der Waals surface area (Å²) in [6, 6.07) is 4.45. The number of carbonyl (C=O) groups is 1. The minimum Gasteiger partial charge on any atom is -0.379 e. The molecule has 1 amide bonds. The number of hydrogen-bond donors (Lipinski definition) is 2. The summed E-state index contributed by atoms with van der Waals surface area (Å²) >= 11 is 0. The number of nitrogens with one attached hydrogen (secondary N) is 2. The van der Waals surface area contributed by atoms with E-state index in [1.807, 2.05) is 20.8 Å². The molecule has 0 spiro atoms. The number of anilines is 1. The van der Waals surface area contributed by atoms with E-state index < -0.39 is 0 Å². The maximum Gasteiger partial charge on any atom is 0.238 e. The molecule has 1 unspecified atom stereocenters. The molecule has 0 bridgehead atoms. The number of benzene rings is 1. The van der Waals surface area contributed by atoms with Crippen molar-refractivity contribution in [1.29, 1.82) is 0 Å². The first kappa shape index (κ1) is 17.6. The number of amides is 1. The summed E-state index contributed by atoms with van der Waals surface area (Å²) in [5, 5.41) is 5.93. The molecule has 1 aromatic rings. The Kier molecular flexibility index (Phi) is 6.30. The van der Waals surface area contributed by atoms with Crippen LogP contribution < -0.4 is 10.6 Å². The van der Waals surface area contributed by atoms with Crippen molar-refractivity contribution in [3.8, 4) is 0 Å². The van der Waals surface area contributed by atoms with Gasteiger partial charge in [0.15, 0.2) is 0 Å². The fourth-order valence-corrected chi connectivity index (χ4v) is 2.12. The molecule has 0 aliphatic heterocycles. The van der Waals surface area contributed by atoms with Gasteiger partial charge in [-0.05, 0) is 57.9 Å². The zero-order chi connectivity index (χ0) is 16.0. The second kappa shape index (κ2) is 7.52. The Balaban J connectivity index is 2.44. The van der Waals surface area contributed by atoms with Gasteiger partial charge in [0.1, 0.15) is 5.82 Å². The molecule has 1 aromatic carbocycles. The summed E-state index contributed by atoms with van der Waals surface area (Å²) in [6.45, 7) is 7.99. The van der Waals surface area contributed by atoms with Crippen molar-refractivity contribution in [2.75, 3.05) is 19.0 Å². The average molecular weight is 296 g/mol. The molecule has 0 aliphatic carbocycles. The number of hydrogen-bond acceptors (Lipinski definition) is 3. The maximum absolute atomic E-state index is 13.0. The van der Waals surface area contributed by atoms with Gasteiger partial charge in [0.25, 0.3) is 0 Å². The third kappa shape index (κ3) is 6.23. The third-order valence-electron chi connectivity index (χ3n) is 3.42. The molecule has 0 radical (unpaired) electrons. The zero-order valence-electron chi connectivity index (χ0n) is 13.4. The first-order valence-corrected chi connectivity index (χ1v) is 7.08. The van der Waals surface area contributed by atoms with Gasteiger partial charge in [0, 0.05) is 18.8 Å². The van der Waals surface area contributed by atoms with Gasteiger partial charge in [-0.3, -0.25) is 4.79 Å². The molecule has 0 saturated carbocycles. The van der Waals surface area contributed by atoms with Gasteiger partial charge in [0.2, 0.25) is 5.91 Å². The van der Waals surface area contributed by atoms with E-state index in [2.05, 4.69) is 10.6 Å². The van der Waals surface area contributed by atoms with Crippen LogP contribution in [0, 0.1) is 12.7 Å². The molecule has 0 fully saturated rings. The Morgan fingerprint density at radius 3 is 2.67 bits per heavy atom. The average Bonchev–Trinajstić information content (AvgIpc) is 2.39. The highest BCUT2D eigenvalue weighted by Crippen LogP contribution is 2.16. The monoisotopic (exact) mass is 296 g/mol. The summed E-state index contributed by atoms with van der Waals surface area (Å²) in [5.74, 6) is -0.453. The number of aryl methyl sites for hydroxylation is 1. The van der Waals surface area contributed by atoms with Gasteiger partial charge in [-0.15, -0.1) is 0 Å². The standard InChI is InChI=1S/C16H25FN2O2/c1-11-8-13(17)6-7-14(11)19-15(20)10-18-12(2)9-16(3,4)21-5/h6-8,12,18H,9-10H2,1-5H3,(H,19,20). The summed E-state index contributed by atoms with van der Waals surface area (Å²) in [5.41, 5.74) is 1.11. The number of methoxy groups -OCH3 is 1. The van der Waals surface area contributed by atoms with Crippen LogP contribution in [0.5, 0.6) is 0 Å². The molecular formula is C16H25FN2O2. The van der Waals surface area contributed by atoms with Crippen molar-refractivity contribution < 1.29 is 13.9 Å². The van der Waals surface area contributed by atoms with E-state index in [4.69, 9.17) is 4.74 Å². The Morgan fingerprint density at radius 1 is 1.43 bits per heavy atom. The maximum atomic E-state index is 13.0. The summed E-state index contributed by atoms with van der Waals surface area (Å²) in [6.07, 6.45) is 0.798. The molecule has 1 rings (SSSR count). The summed E-state index contributed by atoms with van der Waals surface area (Å²) in [7, 11) is 1.68. The number of carbonyl (C=O) groups excluding carboxylic acids is 1. The highest BCUT2D eigenvalue weighted by Gasteiger charge is 2.20. The van der Waals surface area contributed by atoms with Crippen LogP contribution in [0.4, 0.5) is 10.1 Å². The Hall–Kier alpha value is -1.46. The smallest absolute Gasteiger partial charge is 0.238 e. The molecule has 2 N–H and O–H groups in total. The van der Waals surface area contributed by atoms with E-state index >= 15 is 0 Å². The lowest BCUT2D eigenvalue weighted by Gasteiger charge is -2.27. The summed E-state index contributed by atoms with van der Waals surface area (Å²) in [4.78, 5) is 11.9. The van der Waals surface area contributed by atoms with Crippen LogP contribution in [0.25, 0.3) is 0 Å². The van der Waals surface area contributed by atoms with Crippen molar-refractivity contribution in [3.05, 3.63) is 29.6 Å². The molecular weight excluding hydrogens is 271 g/mol. The van der Waals surface area contributed by atoms with Gasteiger partial charge >= 0.3 is 0 Å². The zero-order valence-corrected chi connectivity index (χ0v) is 13.4. The fraction of sp³-hybridized carbons (Fsp3) is 0.562. The normalized spacial score (nSPS) is 13.0. The van der Waals surface area contributed by atoms with Gasteiger partial charge in [0.05, 0.1) is 12.1 Å². The van der Waals surface area contributed by atoms with Crippen LogP contribution >= 0.6 is 0 Å². The lowest BCUT2D eigenvalue weighted by molar-refractivity contribution is -0.115. The van der Waals surface area contributed by atoms with E-state index in [0.29, 0.717) is 11.3 Å². The van der Waals surface area contributed by atoms with Gasteiger partial charge < -0.3 is 15.4 Å². The second-order valence-electron chi connectivity index (χ2n) is 5.96. The molecule has 5 heteroatoms. The summed E-state index contributed by atoms with van der Waals surface area (Å²) < 4.78 is 18.4. The highest BCUT2D eigenvalue weighted by molar-refractivity contribution is 5.92. The topological polar surface area (TPSA) is 50.4 Å². The molecule has 118 valence electrons. The molecule has 0 aliphatic rings. The van der Waals surface area contributed by atoms with E-state index in [1.54, 1.807) is 20.1 Å². The van der Waals surface area contributed by atoms with Gasteiger partial charge in [-0.25, -0.2) is 4.39 Å². The first-order chi connectivity index (χ1) is 9.73. The molecule has 0 heterocycles. The second-order valence-corrected chi connectivity index (χ2v) is 5.96. The SMILES string of the molecule is COC(C)(C)CC(C)NCC(=O)Nc1ccc(F)cc1C. The lowest BCUT2D eigenvalue weighted by Crippen LogP contribution is -2.39. The van der Waals surface area contributed by atoms with E-state index in [1.165, 1.54) is 12.1 Å². The molecule has 4 nitrogen and oxygen atoms in total. The lowest BCUT2D eigenvalue weighted by atomic mass is 10.00. The Labute approximate surface area is 126 Å². The van der Waals surface area contributed by atoms with Gasteiger partial charge in [-0.2, -0.15) is 0 Å².